The van der Waals surface area contributed by atoms with E-state index in [4.69, 9.17) is 4.42 Å². The Bertz CT molecular complexity index is 1030. The number of carbonyl (C=O) groups excluding carboxylic acids is 1. The molecule has 0 bridgehead atoms. The molecule has 2 aromatic heterocycles. The fourth-order valence-corrected chi connectivity index (χ4v) is 3.56. The number of hydrogen-bond acceptors (Lipinski definition) is 5. The van der Waals surface area contributed by atoms with E-state index in [0.29, 0.717) is 17.9 Å². The number of anilines is 1. The molecule has 9 heteroatoms. The first kappa shape index (κ1) is 20.9. The van der Waals surface area contributed by atoms with E-state index in [1.165, 1.54) is 0 Å². The summed E-state index contributed by atoms with van der Waals surface area (Å²) in [5.41, 5.74) is 2.23. The number of likely N-dealkylation sites (tertiary alicyclic amines) is 1. The molecule has 7 nitrogen and oxygen atoms in total. The first-order valence-electron chi connectivity index (χ1n) is 10.2. The molecule has 0 N–H and O–H groups in total. The molecule has 1 fully saturated rings. The van der Waals surface area contributed by atoms with Gasteiger partial charge < -0.3 is 9.32 Å². The molecule has 0 aliphatic carbocycles. The highest BCUT2D eigenvalue weighted by molar-refractivity contribution is 5.91. The summed E-state index contributed by atoms with van der Waals surface area (Å²) in [6, 6.07) is 12.6. The quantitative estimate of drug-likeness (QED) is 0.573. The van der Waals surface area contributed by atoms with Crippen LogP contribution in [-0.4, -0.2) is 39.2 Å². The molecule has 3 heterocycles. The van der Waals surface area contributed by atoms with E-state index in [1.807, 2.05) is 42.2 Å². The van der Waals surface area contributed by atoms with Crippen LogP contribution in [0.15, 0.2) is 46.9 Å². The van der Waals surface area contributed by atoms with E-state index in [9.17, 15) is 13.6 Å². The third-order valence-corrected chi connectivity index (χ3v) is 5.18. The molecule has 4 rings (SSSR count). The number of rotatable bonds is 5. The summed E-state index contributed by atoms with van der Waals surface area (Å²) in [5, 5.41) is 7.02. The van der Waals surface area contributed by atoms with Crippen molar-refractivity contribution < 1.29 is 18.0 Å². The largest absolute Gasteiger partial charge is 0.415 e. The second-order valence-electron chi connectivity index (χ2n) is 7.50. The normalized spacial score (nSPS) is 14.1. The zero-order chi connectivity index (χ0) is 21.8. The van der Waals surface area contributed by atoms with Crippen LogP contribution < -0.4 is 4.90 Å². The fraction of sp³-hybridized carbons (Fsp3) is 0.364. The minimum Gasteiger partial charge on any atom is -0.415 e. The summed E-state index contributed by atoms with van der Waals surface area (Å²) in [6.07, 6.45) is 0.328. The van der Waals surface area contributed by atoms with Crippen molar-refractivity contribution in [1.82, 2.24) is 20.1 Å². The Morgan fingerprint density at radius 1 is 1.10 bits per heavy atom. The first-order chi connectivity index (χ1) is 15.0. The Hall–Kier alpha value is -3.36. The van der Waals surface area contributed by atoms with E-state index < -0.39 is 12.3 Å². The SMILES string of the molecule is Cc1cccc(N(Cc2ccc(-c3nnc(C(F)F)o3)cc2)C(=O)N2CCCCC2)n1. The van der Waals surface area contributed by atoms with Crippen LogP contribution >= 0.6 is 0 Å². The van der Waals surface area contributed by atoms with E-state index >= 15 is 0 Å². The number of pyridine rings is 1. The second kappa shape index (κ2) is 9.20. The van der Waals surface area contributed by atoms with Crippen molar-refractivity contribution in [3.8, 4) is 11.5 Å². The van der Waals surface area contributed by atoms with Crippen LogP contribution in [-0.2, 0) is 6.54 Å². The van der Waals surface area contributed by atoms with Gasteiger partial charge in [-0.1, -0.05) is 18.2 Å². The van der Waals surface area contributed by atoms with Gasteiger partial charge in [0.1, 0.15) is 5.82 Å². The van der Waals surface area contributed by atoms with Gasteiger partial charge in [0.05, 0.1) is 6.54 Å². The smallest absolute Gasteiger partial charge is 0.325 e. The molecule has 1 aromatic carbocycles. The Kier molecular flexibility index (Phi) is 6.20. The maximum Gasteiger partial charge on any atom is 0.325 e. The minimum absolute atomic E-state index is 0.0310. The van der Waals surface area contributed by atoms with E-state index in [2.05, 4.69) is 15.2 Å². The van der Waals surface area contributed by atoms with Gasteiger partial charge in [0.15, 0.2) is 0 Å². The summed E-state index contributed by atoms with van der Waals surface area (Å²) >= 11 is 0. The first-order valence-corrected chi connectivity index (χ1v) is 10.2. The predicted molar refractivity (Wildman–Crippen MR) is 111 cm³/mol. The molecule has 0 spiro atoms. The van der Waals surface area contributed by atoms with Crippen LogP contribution in [0.25, 0.3) is 11.5 Å². The number of nitrogens with zero attached hydrogens (tertiary/aromatic N) is 5. The molecule has 31 heavy (non-hydrogen) atoms. The maximum atomic E-state index is 13.3. The minimum atomic E-state index is -2.81. The zero-order valence-corrected chi connectivity index (χ0v) is 17.2. The number of halogens is 2. The van der Waals surface area contributed by atoms with Crippen LogP contribution in [0.3, 0.4) is 0 Å². The van der Waals surface area contributed by atoms with E-state index in [1.54, 1.807) is 17.0 Å². The standard InChI is InChI=1S/C22H23F2N5O2/c1-15-6-5-7-18(25-15)29(22(30)28-12-3-2-4-13-28)14-16-8-10-17(11-9-16)20-26-27-21(31-20)19(23)24/h5-11,19H,2-4,12-14H2,1H3. The Balaban J connectivity index is 1.56. The van der Waals surface area contributed by atoms with Crippen LogP contribution in [0, 0.1) is 6.92 Å². The van der Waals surface area contributed by atoms with Gasteiger partial charge in [0, 0.05) is 24.3 Å². The van der Waals surface area contributed by atoms with E-state index in [-0.39, 0.29) is 11.9 Å². The van der Waals surface area contributed by atoms with Crippen LogP contribution in [0.1, 0.15) is 42.8 Å². The number of alkyl halides is 2. The number of aryl methyl sites for hydroxylation is 1. The molecular weight excluding hydrogens is 404 g/mol. The predicted octanol–water partition coefficient (Wildman–Crippen LogP) is 4.99. The lowest BCUT2D eigenvalue weighted by Crippen LogP contribution is -2.45. The highest BCUT2D eigenvalue weighted by Gasteiger charge is 2.25. The van der Waals surface area contributed by atoms with Gasteiger partial charge in [0.2, 0.25) is 5.89 Å². The Morgan fingerprint density at radius 2 is 1.84 bits per heavy atom. The fourth-order valence-electron chi connectivity index (χ4n) is 3.56. The summed E-state index contributed by atoms with van der Waals surface area (Å²) in [4.78, 5) is 21.4. The molecule has 0 atom stereocenters. The maximum absolute atomic E-state index is 13.3. The molecule has 0 unspecified atom stereocenters. The van der Waals surface area contributed by atoms with Gasteiger partial charge in [0.25, 0.3) is 5.89 Å². The highest BCUT2D eigenvalue weighted by Crippen LogP contribution is 2.25. The van der Waals surface area contributed by atoms with Crippen molar-refractivity contribution in [3.63, 3.8) is 0 Å². The number of benzene rings is 1. The van der Waals surface area contributed by atoms with Gasteiger partial charge in [-0.2, -0.15) is 8.78 Å². The van der Waals surface area contributed by atoms with Crippen molar-refractivity contribution in [1.29, 1.82) is 0 Å². The molecule has 0 radical (unpaired) electrons. The van der Waals surface area contributed by atoms with Gasteiger partial charge in [-0.25, -0.2) is 9.78 Å². The summed E-state index contributed by atoms with van der Waals surface area (Å²) in [6.45, 7) is 3.70. The van der Waals surface area contributed by atoms with Crippen molar-refractivity contribution in [2.24, 2.45) is 0 Å². The third kappa shape index (κ3) is 4.87. The molecule has 3 aromatic rings. The summed E-state index contributed by atoms with van der Waals surface area (Å²) < 4.78 is 30.4. The number of amides is 2. The second-order valence-corrected chi connectivity index (χ2v) is 7.50. The van der Waals surface area contributed by atoms with Crippen molar-refractivity contribution in [2.45, 2.75) is 39.2 Å². The lowest BCUT2D eigenvalue weighted by Gasteiger charge is -2.32. The van der Waals surface area contributed by atoms with Crippen molar-refractivity contribution >= 4 is 11.8 Å². The number of carbonyl (C=O) groups is 1. The average molecular weight is 427 g/mol. The number of hydrogen-bond donors (Lipinski definition) is 0. The van der Waals surface area contributed by atoms with Gasteiger partial charge in [-0.05, 0) is 56.0 Å². The Labute approximate surface area is 178 Å². The zero-order valence-electron chi connectivity index (χ0n) is 17.2. The van der Waals surface area contributed by atoms with Crippen molar-refractivity contribution in [3.05, 3.63) is 59.6 Å². The summed E-state index contributed by atoms with van der Waals surface area (Å²) in [5.74, 6) is -0.0792. The topological polar surface area (TPSA) is 75.4 Å². The van der Waals surface area contributed by atoms with Crippen LogP contribution in [0.4, 0.5) is 19.4 Å². The number of aromatic nitrogens is 3. The molecule has 162 valence electrons. The molecule has 1 aliphatic rings. The lowest BCUT2D eigenvalue weighted by molar-refractivity contribution is 0.116. The third-order valence-electron chi connectivity index (χ3n) is 5.18. The molecular formula is C22H23F2N5O2. The van der Waals surface area contributed by atoms with Crippen molar-refractivity contribution in [2.75, 3.05) is 18.0 Å². The molecule has 2 amide bonds. The van der Waals surface area contributed by atoms with Crippen LogP contribution in [0.2, 0.25) is 0 Å². The molecule has 1 saturated heterocycles. The number of urea groups is 1. The molecule has 0 saturated carbocycles. The monoisotopic (exact) mass is 427 g/mol. The highest BCUT2D eigenvalue weighted by atomic mass is 19.3. The summed E-state index contributed by atoms with van der Waals surface area (Å²) in [7, 11) is 0. The number of piperidine rings is 1. The van der Waals surface area contributed by atoms with Crippen LogP contribution in [0.5, 0.6) is 0 Å². The van der Waals surface area contributed by atoms with Gasteiger partial charge in [-0.3, -0.25) is 4.90 Å². The van der Waals surface area contributed by atoms with Gasteiger partial charge in [-0.15, -0.1) is 10.2 Å². The Morgan fingerprint density at radius 3 is 2.48 bits per heavy atom. The molecule has 1 aliphatic heterocycles. The van der Waals surface area contributed by atoms with E-state index in [0.717, 1.165) is 43.6 Å². The van der Waals surface area contributed by atoms with Gasteiger partial charge >= 0.3 is 12.5 Å². The average Bonchev–Trinajstić information content (AvgIpc) is 3.29. The lowest BCUT2D eigenvalue weighted by atomic mass is 10.1.